The molecule has 0 radical (unpaired) electrons. The molecule has 0 unspecified atom stereocenters. The molecule has 1 N–H and O–H groups in total. The number of fused-ring (bicyclic) bond motifs is 1. The zero-order valence-electron chi connectivity index (χ0n) is 14.5. The minimum atomic E-state index is -0.337. The van der Waals surface area contributed by atoms with Crippen molar-refractivity contribution in [2.75, 3.05) is 11.1 Å². The third kappa shape index (κ3) is 4.01. The molecule has 0 bridgehead atoms. The fraction of sp³-hybridized carbons (Fsp3) is 0.0952. The number of nitrogens with one attached hydrogen (secondary N) is 1. The lowest BCUT2D eigenvalue weighted by atomic mass is 10.2. The van der Waals surface area contributed by atoms with Gasteiger partial charge < -0.3 is 9.88 Å². The van der Waals surface area contributed by atoms with Crippen LogP contribution in [0, 0.1) is 0 Å². The second kappa shape index (κ2) is 7.63. The van der Waals surface area contributed by atoms with Crippen molar-refractivity contribution in [2.45, 2.75) is 11.4 Å². The standard InChI is InChI=1S/C21H17N3O2S/c25-20-14-27-18-10-9-16(12-17(18)22-20)21(26)23-19-8-4-5-11-24(19)13-15-6-2-1-3-7-15/h1-12H,13-14H2,(H,22,25). The maximum Gasteiger partial charge on any atom is 0.279 e. The van der Waals surface area contributed by atoms with Crippen LogP contribution in [0.5, 0.6) is 0 Å². The zero-order valence-corrected chi connectivity index (χ0v) is 15.3. The highest BCUT2D eigenvalue weighted by atomic mass is 32.2. The van der Waals surface area contributed by atoms with Gasteiger partial charge in [0.1, 0.15) is 5.49 Å². The fourth-order valence-electron chi connectivity index (χ4n) is 2.87. The lowest BCUT2D eigenvalue weighted by Crippen LogP contribution is -2.22. The van der Waals surface area contributed by atoms with Gasteiger partial charge in [0, 0.05) is 23.2 Å². The number of pyridine rings is 1. The van der Waals surface area contributed by atoms with Crippen LogP contribution in [0.4, 0.5) is 5.69 Å². The summed E-state index contributed by atoms with van der Waals surface area (Å²) in [6.45, 7) is 0.630. The summed E-state index contributed by atoms with van der Waals surface area (Å²) in [6.07, 6.45) is 1.91. The molecule has 0 fully saturated rings. The smallest absolute Gasteiger partial charge is 0.279 e. The molecule has 3 aromatic rings. The lowest BCUT2D eigenvalue weighted by molar-refractivity contribution is -0.113. The van der Waals surface area contributed by atoms with Crippen molar-refractivity contribution in [2.24, 2.45) is 4.99 Å². The number of nitrogens with zero attached hydrogens (tertiary/aromatic N) is 2. The fourth-order valence-corrected chi connectivity index (χ4v) is 3.66. The van der Waals surface area contributed by atoms with Crippen molar-refractivity contribution >= 4 is 29.3 Å². The molecule has 2 amide bonds. The second-order valence-corrected chi connectivity index (χ2v) is 7.15. The molecule has 4 rings (SSSR count). The van der Waals surface area contributed by atoms with Gasteiger partial charge in [-0.3, -0.25) is 9.59 Å². The number of benzene rings is 2. The van der Waals surface area contributed by atoms with E-state index in [9.17, 15) is 9.59 Å². The number of aromatic nitrogens is 1. The Morgan fingerprint density at radius 3 is 2.74 bits per heavy atom. The first-order valence-electron chi connectivity index (χ1n) is 8.54. The van der Waals surface area contributed by atoms with Gasteiger partial charge in [0.2, 0.25) is 5.91 Å². The Morgan fingerprint density at radius 1 is 1.07 bits per heavy atom. The van der Waals surface area contributed by atoms with E-state index in [1.54, 1.807) is 12.1 Å². The number of amides is 2. The minimum Gasteiger partial charge on any atom is -0.328 e. The SMILES string of the molecule is O=C1CSc2ccc(C(=O)N=c3ccccn3Cc3ccccc3)cc2N1. The highest BCUT2D eigenvalue weighted by Crippen LogP contribution is 2.32. The Morgan fingerprint density at radius 2 is 1.89 bits per heavy atom. The zero-order chi connectivity index (χ0) is 18.6. The van der Waals surface area contributed by atoms with Crippen molar-refractivity contribution in [1.82, 2.24) is 4.57 Å². The molecule has 0 saturated carbocycles. The van der Waals surface area contributed by atoms with Crippen LogP contribution in [0.3, 0.4) is 0 Å². The lowest BCUT2D eigenvalue weighted by Gasteiger charge is -2.16. The predicted octanol–water partition coefficient (Wildman–Crippen LogP) is 3.32. The Kier molecular flexibility index (Phi) is 4.89. The average molecular weight is 375 g/mol. The second-order valence-electron chi connectivity index (χ2n) is 6.14. The first kappa shape index (κ1) is 17.3. The topological polar surface area (TPSA) is 63.5 Å². The van der Waals surface area contributed by atoms with Crippen LogP contribution in [-0.4, -0.2) is 22.1 Å². The molecule has 0 atom stereocenters. The van der Waals surface area contributed by atoms with Gasteiger partial charge in [-0.25, -0.2) is 0 Å². The molecule has 27 heavy (non-hydrogen) atoms. The van der Waals surface area contributed by atoms with E-state index < -0.39 is 0 Å². The van der Waals surface area contributed by atoms with Crippen LogP contribution in [0.25, 0.3) is 0 Å². The summed E-state index contributed by atoms with van der Waals surface area (Å²) in [5.74, 6) is 0.00203. The van der Waals surface area contributed by atoms with Gasteiger partial charge in [-0.2, -0.15) is 4.99 Å². The van der Waals surface area contributed by atoms with Gasteiger partial charge in [-0.1, -0.05) is 36.4 Å². The van der Waals surface area contributed by atoms with E-state index >= 15 is 0 Å². The molecule has 2 heterocycles. The molecular formula is C21H17N3O2S. The van der Waals surface area contributed by atoms with Crippen molar-refractivity contribution in [3.05, 3.63) is 89.5 Å². The van der Waals surface area contributed by atoms with Gasteiger partial charge in [0.25, 0.3) is 5.91 Å². The molecule has 1 aliphatic rings. The third-order valence-corrected chi connectivity index (χ3v) is 5.26. The largest absolute Gasteiger partial charge is 0.328 e. The van der Waals surface area contributed by atoms with E-state index in [0.29, 0.717) is 29.0 Å². The summed E-state index contributed by atoms with van der Waals surface area (Å²) in [6, 6.07) is 20.9. The van der Waals surface area contributed by atoms with E-state index in [-0.39, 0.29) is 11.8 Å². The Hall–Kier alpha value is -3.12. The summed E-state index contributed by atoms with van der Waals surface area (Å²) in [4.78, 5) is 29.5. The molecular weight excluding hydrogens is 358 g/mol. The molecule has 0 spiro atoms. The molecule has 5 nitrogen and oxygen atoms in total. The van der Waals surface area contributed by atoms with Crippen LogP contribution in [0.15, 0.2) is 82.8 Å². The Labute approximate surface area is 160 Å². The number of carbonyl (C=O) groups excluding carboxylic acids is 2. The van der Waals surface area contributed by atoms with Crippen LogP contribution in [-0.2, 0) is 11.3 Å². The number of rotatable bonds is 3. The van der Waals surface area contributed by atoms with Crippen molar-refractivity contribution in [1.29, 1.82) is 0 Å². The summed E-state index contributed by atoms with van der Waals surface area (Å²) in [5, 5.41) is 2.80. The summed E-state index contributed by atoms with van der Waals surface area (Å²) in [5.41, 5.74) is 2.84. The summed E-state index contributed by atoms with van der Waals surface area (Å²) >= 11 is 1.47. The van der Waals surface area contributed by atoms with Gasteiger partial charge in [0.05, 0.1) is 11.4 Å². The van der Waals surface area contributed by atoms with E-state index in [0.717, 1.165) is 10.5 Å². The molecule has 134 valence electrons. The van der Waals surface area contributed by atoms with Crippen LogP contribution in [0.2, 0.25) is 0 Å². The predicted molar refractivity (Wildman–Crippen MR) is 106 cm³/mol. The third-order valence-electron chi connectivity index (χ3n) is 4.19. The molecule has 0 aliphatic carbocycles. The maximum atomic E-state index is 12.7. The van der Waals surface area contributed by atoms with Crippen LogP contribution >= 0.6 is 11.8 Å². The quantitative estimate of drug-likeness (QED) is 0.764. The highest BCUT2D eigenvalue weighted by molar-refractivity contribution is 8.00. The van der Waals surface area contributed by atoms with Crippen LogP contribution < -0.4 is 10.8 Å². The molecule has 1 aromatic heterocycles. The molecule has 6 heteroatoms. The Bertz CT molecular complexity index is 1070. The summed E-state index contributed by atoms with van der Waals surface area (Å²) < 4.78 is 1.93. The number of thioether (sulfide) groups is 1. The van der Waals surface area contributed by atoms with Crippen molar-refractivity contribution < 1.29 is 9.59 Å². The first-order chi connectivity index (χ1) is 13.2. The van der Waals surface area contributed by atoms with E-state index in [1.807, 2.05) is 65.4 Å². The van der Waals surface area contributed by atoms with Gasteiger partial charge in [0.15, 0.2) is 0 Å². The van der Waals surface area contributed by atoms with Crippen LogP contribution in [0.1, 0.15) is 15.9 Å². The number of hydrogen-bond acceptors (Lipinski definition) is 3. The molecule has 1 aliphatic heterocycles. The van der Waals surface area contributed by atoms with Crippen molar-refractivity contribution in [3.8, 4) is 0 Å². The maximum absolute atomic E-state index is 12.7. The number of carbonyl (C=O) groups is 2. The Balaban J connectivity index is 1.65. The van der Waals surface area contributed by atoms with Gasteiger partial charge in [-0.05, 0) is 35.9 Å². The minimum absolute atomic E-state index is 0.0576. The van der Waals surface area contributed by atoms with E-state index in [1.165, 1.54) is 11.8 Å². The van der Waals surface area contributed by atoms with Crippen molar-refractivity contribution in [3.63, 3.8) is 0 Å². The highest BCUT2D eigenvalue weighted by Gasteiger charge is 2.17. The monoisotopic (exact) mass is 375 g/mol. The average Bonchev–Trinajstić information content (AvgIpc) is 2.69. The van der Waals surface area contributed by atoms with Gasteiger partial charge in [-0.15, -0.1) is 11.8 Å². The first-order valence-corrected chi connectivity index (χ1v) is 9.53. The normalized spacial score (nSPS) is 13.8. The molecule has 0 saturated heterocycles. The molecule has 2 aromatic carbocycles. The van der Waals surface area contributed by atoms with E-state index in [4.69, 9.17) is 0 Å². The summed E-state index contributed by atoms with van der Waals surface area (Å²) in [7, 11) is 0. The van der Waals surface area contributed by atoms with Gasteiger partial charge >= 0.3 is 0 Å². The number of hydrogen-bond donors (Lipinski definition) is 1. The van der Waals surface area contributed by atoms with E-state index in [2.05, 4.69) is 10.3 Å². The number of anilines is 1.